The highest BCUT2D eigenvalue weighted by Crippen LogP contribution is 2.15. The lowest BCUT2D eigenvalue weighted by Crippen LogP contribution is -2.29. The van der Waals surface area contributed by atoms with E-state index >= 15 is 0 Å². The number of nitrogens with zero attached hydrogens (tertiary/aromatic N) is 5. The molecule has 2 N–H and O–H groups in total. The molecule has 0 aliphatic rings. The Morgan fingerprint density at radius 2 is 1.82 bits per heavy atom. The molecule has 11 nitrogen and oxygen atoms in total. The smallest absolute Gasteiger partial charge is 0.269 e. The number of nitro benzene ring substituents is 1. The van der Waals surface area contributed by atoms with Gasteiger partial charge in [0.2, 0.25) is 10.0 Å². The zero-order chi connectivity index (χ0) is 20.1. The average molecular weight is 403 g/mol. The summed E-state index contributed by atoms with van der Waals surface area (Å²) >= 11 is 0. The van der Waals surface area contributed by atoms with E-state index in [0.29, 0.717) is 11.6 Å². The van der Waals surface area contributed by atoms with Crippen LogP contribution < -0.4 is 10.0 Å². The molecule has 0 radical (unpaired) electrons. The Bertz CT molecular complexity index is 1060. The predicted octanol–water partition coefficient (Wildman–Crippen LogP) is 1.27. The van der Waals surface area contributed by atoms with E-state index in [0.717, 1.165) is 17.8 Å². The normalized spacial score (nSPS) is 11.3. The van der Waals surface area contributed by atoms with Gasteiger partial charge in [0.1, 0.15) is 5.82 Å². The summed E-state index contributed by atoms with van der Waals surface area (Å²) < 4.78 is 28.4. The van der Waals surface area contributed by atoms with Crippen molar-refractivity contribution in [2.75, 3.05) is 18.4 Å². The minimum Gasteiger partial charge on any atom is -0.367 e. The topological polar surface area (TPSA) is 145 Å². The fourth-order valence-electron chi connectivity index (χ4n) is 2.29. The molecule has 2 aromatic heterocycles. The molecule has 0 aliphatic heterocycles. The van der Waals surface area contributed by atoms with Crippen LogP contribution in [0.5, 0.6) is 0 Å². The highest BCUT2D eigenvalue weighted by molar-refractivity contribution is 7.89. The minimum absolute atomic E-state index is 0.0447. The molecule has 0 unspecified atom stereocenters. The van der Waals surface area contributed by atoms with Gasteiger partial charge in [-0.2, -0.15) is 5.10 Å². The van der Waals surface area contributed by atoms with Crippen LogP contribution in [0.4, 0.5) is 11.5 Å². The molecule has 146 valence electrons. The summed E-state index contributed by atoms with van der Waals surface area (Å²) in [6, 6.07) is 9.97. The van der Waals surface area contributed by atoms with Crippen molar-refractivity contribution < 1.29 is 13.3 Å². The van der Waals surface area contributed by atoms with Crippen LogP contribution in [-0.2, 0) is 10.0 Å². The third-order valence-electron chi connectivity index (χ3n) is 3.69. The van der Waals surface area contributed by atoms with Crippen LogP contribution in [0.1, 0.15) is 5.69 Å². The van der Waals surface area contributed by atoms with Gasteiger partial charge in [0.25, 0.3) is 5.69 Å². The Kier molecular flexibility index (Phi) is 5.61. The van der Waals surface area contributed by atoms with Gasteiger partial charge in [-0.3, -0.25) is 10.1 Å². The van der Waals surface area contributed by atoms with Crippen LogP contribution >= 0.6 is 0 Å². The van der Waals surface area contributed by atoms with Crippen LogP contribution in [0.3, 0.4) is 0 Å². The van der Waals surface area contributed by atoms with E-state index in [4.69, 9.17) is 0 Å². The van der Waals surface area contributed by atoms with Crippen LogP contribution in [-0.4, -0.2) is 46.4 Å². The van der Waals surface area contributed by atoms with Gasteiger partial charge in [-0.1, -0.05) is 0 Å². The maximum absolute atomic E-state index is 12.2. The molecular formula is C16H17N7O4S. The Morgan fingerprint density at radius 1 is 1.07 bits per heavy atom. The quantitative estimate of drug-likeness (QED) is 0.325. The molecule has 0 fully saturated rings. The van der Waals surface area contributed by atoms with Crippen molar-refractivity contribution in [3.63, 3.8) is 0 Å². The zero-order valence-electron chi connectivity index (χ0n) is 14.8. The molecule has 0 saturated carbocycles. The largest absolute Gasteiger partial charge is 0.367 e. The number of anilines is 1. The third-order valence-corrected chi connectivity index (χ3v) is 5.17. The van der Waals surface area contributed by atoms with Crippen molar-refractivity contribution in [1.29, 1.82) is 0 Å². The van der Waals surface area contributed by atoms with Crippen LogP contribution in [0.2, 0.25) is 0 Å². The van der Waals surface area contributed by atoms with Gasteiger partial charge >= 0.3 is 0 Å². The van der Waals surface area contributed by atoms with Gasteiger partial charge in [-0.05, 0) is 37.3 Å². The number of hydrogen-bond acceptors (Lipinski definition) is 8. The van der Waals surface area contributed by atoms with Crippen molar-refractivity contribution in [2.45, 2.75) is 11.8 Å². The highest BCUT2D eigenvalue weighted by atomic mass is 32.2. The zero-order valence-corrected chi connectivity index (χ0v) is 15.6. The molecule has 3 aromatic rings. The first-order valence-corrected chi connectivity index (χ1v) is 9.68. The second-order valence-corrected chi connectivity index (χ2v) is 7.52. The van der Waals surface area contributed by atoms with E-state index in [2.05, 4.69) is 25.3 Å². The molecule has 2 heterocycles. The van der Waals surface area contributed by atoms with E-state index in [1.807, 2.05) is 13.0 Å². The second kappa shape index (κ2) is 8.10. The van der Waals surface area contributed by atoms with Crippen LogP contribution in [0.15, 0.2) is 53.6 Å². The predicted molar refractivity (Wildman–Crippen MR) is 101 cm³/mol. The van der Waals surface area contributed by atoms with E-state index in [1.165, 1.54) is 12.1 Å². The molecule has 12 heteroatoms. The second-order valence-electron chi connectivity index (χ2n) is 5.75. The summed E-state index contributed by atoms with van der Waals surface area (Å²) in [4.78, 5) is 9.99. The summed E-state index contributed by atoms with van der Waals surface area (Å²) in [6.45, 7) is 2.25. The molecule has 3 rings (SSSR count). The maximum Gasteiger partial charge on any atom is 0.269 e. The van der Waals surface area contributed by atoms with Gasteiger partial charge in [0.15, 0.2) is 5.82 Å². The number of aryl methyl sites for hydroxylation is 1. The number of nitro groups is 1. The molecule has 0 saturated heterocycles. The maximum atomic E-state index is 12.2. The van der Waals surface area contributed by atoms with Crippen molar-refractivity contribution >= 4 is 21.5 Å². The summed E-state index contributed by atoms with van der Waals surface area (Å²) in [5, 5.41) is 25.9. The van der Waals surface area contributed by atoms with Crippen molar-refractivity contribution in [1.82, 2.24) is 24.7 Å². The molecule has 0 bridgehead atoms. The molecular weight excluding hydrogens is 386 g/mol. The van der Waals surface area contributed by atoms with E-state index in [9.17, 15) is 18.5 Å². The summed E-state index contributed by atoms with van der Waals surface area (Å²) in [5.74, 6) is 1.06. The van der Waals surface area contributed by atoms with E-state index in [1.54, 1.807) is 23.0 Å². The van der Waals surface area contributed by atoms with Crippen molar-refractivity contribution in [3.8, 4) is 5.82 Å². The molecule has 0 atom stereocenters. The van der Waals surface area contributed by atoms with Crippen LogP contribution in [0.25, 0.3) is 5.82 Å². The molecule has 1 aromatic carbocycles. The van der Waals surface area contributed by atoms with Gasteiger partial charge in [0.05, 0.1) is 15.5 Å². The number of aromatic nitrogens is 4. The van der Waals surface area contributed by atoms with E-state index < -0.39 is 14.9 Å². The summed E-state index contributed by atoms with van der Waals surface area (Å²) in [7, 11) is -3.76. The lowest BCUT2D eigenvalue weighted by atomic mass is 10.3. The molecule has 0 amide bonds. The Balaban J connectivity index is 1.51. The van der Waals surface area contributed by atoms with Crippen molar-refractivity contribution in [2.24, 2.45) is 0 Å². The highest BCUT2D eigenvalue weighted by Gasteiger charge is 2.15. The number of rotatable bonds is 8. The number of hydrogen-bond donors (Lipinski definition) is 2. The Morgan fingerprint density at radius 3 is 2.39 bits per heavy atom. The number of benzene rings is 1. The Labute approximate surface area is 160 Å². The van der Waals surface area contributed by atoms with Crippen LogP contribution in [0, 0.1) is 17.0 Å². The van der Waals surface area contributed by atoms with Crippen molar-refractivity contribution in [3.05, 3.63) is 64.5 Å². The van der Waals surface area contributed by atoms with Gasteiger partial charge in [-0.25, -0.2) is 17.8 Å². The summed E-state index contributed by atoms with van der Waals surface area (Å²) in [6.07, 6.45) is 1.78. The number of sulfonamides is 1. The monoisotopic (exact) mass is 403 g/mol. The fourth-order valence-corrected chi connectivity index (χ4v) is 3.32. The van der Waals surface area contributed by atoms with E-state index in [-0.39, 0.29) is 23.7 Å². The van der Waals surface area contributed by atoms with Gasteiger partial charge < -0.3 is 5.32 Å². The first kappa shape index (κ1) is 19.4. The number of non-ortho nitro benzene ring substituents is 1. The number of nitrogens with one attached hydrogen (secondary N) is 2. The summed E-state index contributed by atoms with van der Waals surface area (Å²) in [5.41, 5.74) is 0.692. The van der Waals surface area contributed by atoms with Gasteiger partial charge in [-0.15, -0.1) is 10.2 Å². The minimum atomic E-state index is -3.76. The lowest BCUT2D eigenvalue weighted by molar-refractivity contribution is -0.384. The molecule has 28 heavy (non-hydrogen) atoms. The molecule has 0 spiro atoms. The lowest BCUT2D eigenvalue weighted by Gasteiger charge is -2.08. The average Bonchev–Trinajstić information content (AvgIpc) is 3.12. The first-order valence-electron chi connectivity index (χ1n) is 8.19. The third kappa shape index (κ3) is 4.66. The Hall–Kier alpha value is -3.38. The van der Waals surface area contributed by atoms with Gasteiger partial charge in [0, 0.05) is 31.4 Å². The fraction of sp³-hybridized carbons (Fsp3) is 0.188. The first-order chi connectivity index (χ1) is 13.3. The standard InChI is InChI=1S/C16H17N7O4S/c1-12-8-11-22(21-12)16-7-6-15(19-20-16)17-9-10-18-28(26,27)14-4-2-13(3-5-14)23(24)25/h2-8,11,18H,9-10H2,1H3,(H,17,19). The SMILES string of the molecule is Cc1ccn(-c2ccc(NCCNS(=O)(=O)c3ccc([N+](=O)[O-])cc3)nn2)n1. The molecule has 0 aliphatic carbocycles.